The van der Waals surface area contributed by atoms with Gasteiger partial charge >= 0.3 is 57.3 Å². The minimum absolute atomic E-state index is 0.639. The molecule has 0 aliphatic rings. The number of rotatable bonds is 2. The quantitative estimate of drug-likeness (QED) is 0.681. The van der Waals surface area contributed by atoms with Gasteiger partial charge < -0.3 is 0 Å². The van der Waals surface area contributed by atoms with Crippen LogP contribution in [0.3, 0.4) is 0 Å². The van der Waals surface area contributed by atoms with Crippen LogP contribution < -0.4 is 0 Å². The monoisotopic (exact) mass is 238 g/mol. The molecule has 0 saturated carbocycles. The van der Waals surface area contributed by atoms with E-state index in [2.05, 4.69) is 37.3 Å². The molecule has 0 saturated heterocycles. The average molecular weight is 240 g/mol. The summed E-state index contributed by atoms with van der Waals surface area (Å²) in [6, 6.07) is 0. The zero-order valence-electron chi connectivity index (χ0n) is 2.07. The minimum atomic E-state index is -0.639. The van der Waals surface area contributed by atoms with Crippen LogP contribution in [0.4, 0.5) is 0 Å². The Labute approximate surface area is 57.0 Å². The maximum absolute atomic E-state index is 4.36. The number of hydrogen-bond donors (Lipinski definition) is 0. The van der Waals surface area contributed by atoms with Gasteiger partial charge in [-0.1, -0.05) is 0 Å². The molecule has 0 radical (unpaired) electrons. The molecule has 2 nitrogen and oxygen atoms in total. The fraction of sp³-hybridized carbons (Fsp3) is 0. The summed E-state index contributed by atoms with van der Waals surface area (Å²) in [5, 5.41) is 0. The third-order valence-electron chi connectivity index (χ3n) is 0.0630. The second-order valence-electron chi connectivity index (χ2n) is 0.238. The first kappa shape index (κ1) is 6.59. The first-order valence-electron chi connectivity index (χ1n) is 0.717. The molecule has 0 aromatic heterocycles. The SMILES string of the molecule is Br[O][Ti][O]Br. The molecule has 0 spiro atoms. The Hall–Kier alpha value is 1.59. The van der Waals surface area contributed by atoms with Crippen molar-refractivity contribution in [2.24, 2.45) is 0 Å². The topological polar surface area (TPSA) is 18.5 Å². The molecule has 0 aromatic rings. The van der Waals surface area contributed by atoms with Gasteiger partial charge in [-0.3, -0.25) is 0 Å². The molecule has 0 unspecified atom stereocenters. The van der Waals surface area contributed by atoms with E-state index in [0.29, 0.717) is 0 Å². The van der Waals surface area contributed by atoms with Gasteiger partial charge in [-0.15, -0.1) is 0 Å². The molecule has 0 aliphatic carbocycles. The predicted octanol–water partition coefficient (Wildman–Crippen LogP) is 1.55. The van der Waals surface area contributed by atoms with Gasteiger partial charge in [0.1, 0.15) is 0 Å². The Balaban J connectivity index is 2.19. The predicted molar refractivity (Wildman–Crippen MR) is 20.0 cm³/mol. The fourth-order valence-electron chi connectivity index (χ4n) is 0.0119. The van der Waals surface area contributed by atoms with Gasteiger partial charge in [-0.05, 0) is 0 Å². The molecule has 0 fully saturated rings. The normalized spacial score (nSPS) is 7.60. The van der Waals surface area contributed by atoms with E-state index in [1.54, 1.807) is 0 Å². The van der Waals surface area contributed by atoms with Crippen molar-refractivity contribution in [2.75, 3.05) is 0 Å². The fourth-order valence-corrected chi connectivity index (χ4v) is 1.33. The summed E-state index contributed by atoms with van der Waals surface area (Å²) >= 11 is 4.78. The summed E-state index contributed by atoms with van der Waals surface area (Å²) in [5.74, 6) is 0. The summed E-state index contributed by atoms with van der Waals surface area (Å²) in [6.07, 6.45) is 0. The summed E-state index contributed by atoms with van der Waals surface area (Å²) in [7, 11) is 0. The Morgan fingerprint density at radius 1 is 1.20 bits per heavy atom. The molecule has 0 heterocycles. The van der Waals surface area contributed by atoms with E-state index in [1.165, 1.54) is 0 Å². The van der Waals surface area contributed by atoms with Crippen molar-refractivity contribution in [2.45, 2.75) is 0 Å². The van der Waals surface area contributed by atoms with Gasteiger partial charge in [0.25, 0.3) is 0 Å². The van der Waals surface area contributed by atoms with E-state index in [9.17, 15) is 0 Å². The molecule has 0 aromatic carbocycles. The van der Waals surface area contributed by atoms with Gasteiger partial charge in [0, 0.05) is 0 Å². The Morgan fingerprint density at radius 2 is 1.60 bits per heavy atom. The van der Waals surface area contributed by atoms with Crippen molar-refractivity contribution in [1.82, 2.24) is 0 Å². The maximum atomic E-state index is 4.36. The van der Waals surface area contributed by atoms with Gasteiger partial charge in [-0.2, -0.15) is 0 Å². The van der Waals surface area contributed by atoms with Crippen LogP contribution >= 0.6 is 32.5 Å². The molecule has 0 N–H and O–H groups in total. The van der Waals surface area contributed by atoms with Gasteiger partial charge in [0.15, 0.2) is 0 Å². The first-order chi connectivity index (χ1) is 2.41. The summed E-state index contributed by atoms with van der Waals surface area (Å²) in [4.78, 5) is 0. The third kappa shape index (κ3) is 5.59. The van der Waals surface area contributed by atoms with E-state index >= 15 is 0 Å². The summed E-state index contributed by atoms with van der Waals surface area (Å²) in [6.45, 7) is 0. The standard InChI is InChI=1S/2BrO.Ti/c2*1-2;/q2*-1;+2. The molecule has 0 bridgehead atoms. The molecule has 0 atom stereocenters. The molecule has 5 heteroatoms. The van der Waals surface area contributed by atoms with Crippen LogP contribution in [0.25, 0.3) is 0 Å². The number of halogens is 2. The average Bonchev–Trinajstić information content (AvgIpc) is 1.41. The molecule has 0 rings (SSSR count). The van der Waals surface area contributed by atoms with Crippen molar-refractivity contribution in [1.29, 1.82) is 0 Å². The van der Waals surface area contributed by atoms with Crippen molar-refractivity contribution >= 4 is 32.5 Å². The first-order valence-corrected chi connectivity index (χ1v) is 3.29. The Morgan fingerprint density at radius 3 is 1.60 bits per heavy atom. The summed E-state index contributed by atoms with van der Waals surface area (Å²) in [5.41, 5.74) is 0. The molecule has 0 amide bonds. The van der Waals surface area contributed by atoms with E-state index in [1.807, 2.05) is 0 Å². The molecule has 30 valence electrons. The molecular formula is Br2O2Ti. The van der Waals surface area contributed by atoms with Crippen molar-refractivity contribution in [3.8, 4) is 0 Å². The van der Waals surface area contributed by atoms with Crippen LogP contribution in [-0.2, 0) is 24.7 Å². The number of hydrogen-bond acceptors (Lipinski definition) is 2. The molecular weight excluding hydrogens is 240 g/mol. The molecule has 5 heavy (non-hydrogen) atoms. The van der Waals surface area contributed by atoms with Crippen molar-refractivity contribution < 1.29 is 24.7 Å². The van der Waals surface area contributed by atoms with Crippen LogP contribution in [-0.4, -0.2) is 0 Å². The van der Waals surface area contributed by atoms with Gasteiger partial charge in [0.2, 0.25) is 0 Å². The van der Waals surface area contributed by atoms with Crippen LogP contribution in [0.2, 0.25) is 0 Å². The molecule has 0 aliphatic heterocycles. The zero-order chi connectivity index (χ0) is 4.12. The van der Waals surface area contributed by atoms with E-state index in [0.717, 1.165) is 0 Å². The van der Waals surface area contributed by atoms with Crippen LogP contribution in [0.1, 0.15) is 0 Å². The van der Waals surface area contributed by atoms with Gasteiger partial charge in [-0.25, -0.2) is 0 Å². The van der Waals surface area contributed by atoms with Crippen LogP contribution in [0.5, 0.6) is 0 Å². The summed E-state index contributed by atoms with van der Waals surface area (Å²) < 4.78 is 8.72. The van der Waals surface area contributed by atoms with Gasteiger partial charge in [0.05, 0.1) is 0 Å². The van der Waals surface area contributed by atoms with Crippen molar-refractivity contribution in [3.05, 3.63) is 0 Å². The Bertz CT molecular complexity index is 15.1. The van der Waals surface area contributed by atoms with E-state index < -0.39 is 19.9 Å². The van der Waals surface area contributed by atoms with Crippen LogP contribution in [0.15, 0.2) is 0 Å². The van der Waals surface area contributed by atoms with Crippen molar-refractivity contribution in [3.63, 3.8) is 0 Å². The second-order valence-corrected chi connectivity index (χ2v) is 3.65. The van der Waals surface area contributed by atoms with E-state index in [4.69, 9.17) is 0 Å². The zero-order valence-corrected chi connectivity index (χ0v) is 6.81. The second kappa shape index (κ2) is 5.59. The third-order valence-corrected chi connectivity index (χ3v) is 1.35. The van der Waals surface area contributed by atoms with Crippen LogP contribution in [0, 0.1) is 0 Å². The Kier molecular flexibility index (Phi) is 7.38. The van der Waals surface area contributed by atoms with E-state index in [-0.39, 0.29) is 0 Å².